The van der Waals surface area contributed by atoms with E-state index in [1.54, 1.807) is 0 Å². The Morgan fingerprint density at radius 3 is 2.88 bits per heavy atom. The van der Waals surface area contributed by atoms with Crippen LogP contribution in [0.2, 0.25) is 0 Å². The lowest BCUT2D eigenvalue weighted by molar-refractivity contribution is -0.125. The third-order valence-electron chi connectivity index (χ3n) is 4.83. The lowest BCUT2D eigenvalue weighted by atomic mass is 9.87. The van der Waals surface area contributed by atoms with Gasteiger partial charge < -0.3 is 0 Å². The van der Waals surface area contributed by atoms with Crippen LogP contribution in [0, 0.1) is 5.92 Å². The van der Waals surface area contributed by atoms with Crippen LogP contribution in [0.5, 0.6) is 0 Å². The summed E-state index contributed by atoms with van der Waals surface area (Å²) in [6.07, 6.45) is 7.12. The van der Waals surface area contributed by atoms with Crippen molar-refractivity contribution in [3.8, 4) is 0 Å². The Morgan fingerprint density at radius 1 is 1.06 bits per heavy atom. The fourth-order valence-corrected chi connectivity index (χ4v) is 3.78. The first kappa shape index (κ1) is 11.7. The number of piperazine rings is 1. The van der Waals surface area contributed by atoms with Crippen molar-refractivity contribution >= 4 is 5.78 Å². The molecule has 96 valence electrons. The summed E-state index contributed by atoms with van der Waals surface area (Å²) in [7, 11) is 0. The van der Waals surface area contributed by atoms with Gasteiger partial charge >= 0.3 is 0 Å². The molecule has 17 heavy (non-hydrogen) atoms. The van der Waals surface area contributed by atoms with Gasteiger partial charge in [-0.25, -0.2) is 0 Å². The number of carbonyl (C=O) groups excluding carboxylic acids is 1. The third kappa shape index (κ3) is 2.55. The zero-order valence-corrected chi connectivity index (χ0v) is 10.7. The molecule has 3 rings (SSSR count). The first-order valence-corrected chi connectivity index (χ1v) is 7.32. The van der Waals surface area contributed by atoms with Crippen molar-refractivity contribution < 1.29 is 4.79 Å². The average Bonchev–Trinajstić information content (AvgIpc) is 2.79. The van der Waals surface area contributed by atoms with Crippen LogP contribution in [0.4, 0.5) is 0 Å². The van der Waals surface area contributed by atoms with Gasteiger partial charge in [0.25, 0.3) is 0 Å². The van der Waals surface area contributed by atoms with Crippen LogP contribution in [-0.2, 0) is 4.79 Å². The molecular formula is C14H24N2O. The Balaban J connectivity index is 1.53. The van der Waals surface area contributed by atoms with Gasteiger partial charge in [-0.1, -0.05) is 6.42 Å². The molecule has 3 nitrogen and oxygen atoms in total. The highest BCUT2D eigenvalue weighted by Crippen LogP contribution is 2.25. The zero-order chi connectivity index (χ0) is 11.7. The second-order valence-electron chi connectivity index (χ2n) is 6.00. The maximum Gasteiger partial charge on any atom is 0.137 e. The minimum Gasteiger partial charge on any atom is -0.300 e. The van der Waals surface area contributed by atoms with E-state index in [1.807, 2.05) is 0 Å². The summed E-state index contributed by atoms with van der Waals surface area (Å²) < 4.78 is 0. The smallest absolute Gasteiger partial charge is 0.137 e. The molecule has 2 atom stereocenters. The summed E-state index contributed by atoms with van der Waals surface area (Å²) in [5, 5.41) is 0. The minimum atomic E-state index is 0.358. The molecule has 1 aliphatic carbocycles. The summed E-state index contributed by atoms with van der Waals surface area (Å²) in [5.74, 6) is 0.891. The molecule has 2 heterocycles. The minimum absolute atomic E-state index is 0.358. The molecule has 0 N–H and O–H groups in total. The van der Waals surface area contributed by atoms with E-state index in [2.05, 4.69) is 9.80 Å². The van der Waals surface area contributed by atoms with Crippen molar-refractivity contribution in [1.29, 1.82) is 0 Å². The van der Waals surface area contributed by atoms with Crippen LogP contribution in [0.3, 0.4) is 0 Å². The van der Waals surface area contributed by atoms with Gasteiger partial charge in [-0.05, 0) is 32.2 Å². The summed E-state index contributed by atoms with van der Waals surface area (Å²) in [4.78, 5) is 17.1. The normalized spacial score (nSPS) is 36.1. The van der Waals surface area contributed by atoms with Gasteiger partial charge in [0.2, 0.25) is 0 Å². The number of fused-ring (bicyclic) bond motifs is 1. The number of Topliss-reactive ketones (excluding diaryl/α,β-unsaturated/α-hetero) is 1. The second kappa shape index (κ2) is 5.07. The van der Waals surface area contributed by atoms with E-state index >= 15 is 0 Å². The van der Waals surface area contributed by atoms with Crippen molar-refractivity contribution in [1.82, 2.24) is 9.80 Å². The highest BCUT2D eigenvalue weighted by molar-refractivity contribution is 5.81. The molecule has 3 aliphatic rings. The van der Waals surface area contributed by atoms with Crippen molar-refractivity contribution in [2.24, 2.45) is 5.92 Å². The van der Waals surface area contributed by atoms with Gasteiger partial charge in [-0.3, -0.25) is 14.6 Å². The Hall–Kier alpha value is -0.410. The molecule has 3 heteroatoms. The Morgan fingerprint density at radius 2 is 2.00 bits per heavy atom. The molecule has 0 amide bonds. The summed E-state index contributed by atoms with van der Waals surface area (Å²) in [6.45, 7) is 5.97. The van der Waals surface area contributed by atoms with Gasteiger partial charge in [-0.15, -0.1) is 0 Å². The van der Waals surface area contributed by atoms with Crippen LogP contribution in [-0.4, -0.2) is 54.3 Å². The zero-order valence-electron chi connectivity index (χ0n) is 10.7. The van der Waals surface area contributed by atoms with Crippen molar-refractivity contribution in [2.75, 3.05) is 32.7 Å². The number of hydrogen-bond acceptors (Lipinski definition) is 3. The summed E-state index contributed by atoms with van der Waals surface area (Å²) in [6, 6.07) is 0.794. The molecule has 1 saturated carbocycles. The van der Waals surface area contributed by atoms with Gasteiger partial charge in [0.1, 0.15) is 5.78 Å². The number of nitrogens with zero attached hydrogens (tertiary/aromatic N) is 2. The standard InChI is InChI=1S/C14H24N2O/c17-14-6-2-1-4-12(14)10-15-8-9-16-7-3-5-13(16)11-15/h12-13H,1-11H2. The lowest BCUT2D eigenvalue weighted by Gasteiger charge is -2.39. The highest BCUT2D eigenvalue weighted by Gasteiger charge is 2.32. The molecule has 2 saturated heterocycles. The van der Waals surface area contributed by atoms with Crippen molar-refractivity contribution in [3.05, 3.63) is 0 Å². The summed E-state index contributed by atoms with van der Waals surface area (Å²) >= 11 is 0. The molecular weight excluding hydrogens is 212 g/mol. The quantitative estimate of drug-likeness (QED) is 0.726. The molecule has 3 fully saturated rings. The highest BCUT2D eigenvalue weighted by atomic mass is 16.1. The maximum absolute atomic E-state index is 11.9. The predicted octanol–water partition coefficient (Wildman–Crippen LogP) is 1.53. The fourth-order valence-electron chi connectivity index (χ4n) is 3.78. The van der Waals surface area contributed by atoms with E-state index in [0.717, 1.165) is 31.8 Å². The van der Waals surface area contributed by atoms with Crippen LogP contribution in [0.1, 0.15) is 38.5 Å². The van der Waals surface area contributed by atoms with Crippen LogP contribution >= 0.6 is 0 Å². The molecule has 2 aliphatic heterocycles. The first-order chi connectivity index (χ1) is 8.33. The Labute approximate surface area is 104 Å². The molecule has 0 bridgehead atoms. The molecule has 0 spiro atoms. The first-order valence-electron chi connectivity index (χ1n) is 7.32. The largest absolute Gasteiger partial charge is 0.300 e. The van der Waals surface area contributed by atoms with E-state index in [-0.39, 0.29) is 0 Å². The lowest BCUT2D eigenvalue weighted by Crippen LogP contribution is -2.51. The van der Waals surface area contributed by atoms with E-state index in [0.29, 0.717) is 11.7 Å². The van der Waals surface area contributed by atoms with Gasteiger partial charge in [0, 0.05) is 44.6 Å². The van der Waals surface area contributed by atoms with E-state index < -0.39 is 0 Å². The molecule has 0 aromatic carbocycles. The van der Waals surface area contributed by atoms with Crippen LogP contribution < -0.4 is 0 Å². The van der Waals surface area contributed by atoms with Gasteiger partial charge in [0.15, 0.2) is 0 Å². The third-order valence-corrected chi connectivity index (χ3v) is 4.83. The van der Waals surface area contributed by atoms with E-state index in [1.165, 1.54) is 45.4 Å². The molecule has 0 aromatic heterocycles. The number of rotatable bonds is 2. The topological polar surface area (TPSA) is 23.6 Å². The molecule has 0 aromatic rings. The predicted molar refractivity (Wildman–Crippen MR) is 68.0 cm³/mol. The Bertz CT molecular complexity index is 292. The number of ketones is 1. The number of hydrogen-bond donors (Lipinski definition) is 0. The number of carbonyl (C=O) groups is 1. The maximum atomic E-state index is 11.9. The fraction of sp³-hybridized carbons (Fsp3) is 0.929. The van der Waals surface area contributed by atoms with Gasteiger partial charge in [0.05, 0.1) is 0 Å². The van der Waals surface area contributed by atoms with E-state index in [4.69, 9.17) is 0 Å². The van der Waals surface area contributed by atoms with Crippen molar-refractivity contribution in [3.63, 3.8) is 0 Å². The monoisotopic (exact) mass is 236 g/mol. The van der Waals surface area contributed by atoms with Crippen molar-refractivity contribution in [2.45, 2.75) is 44.6 Å². The molecule has 0 radical (unpaired) electrons. The second-order valence-corrected chi connectivity index (χ2v) is 6.00. The average molecular weight is 236 g/mol. The molecule has 2 unspecified atom stereocenters. The van der Waals surface area contributed by atoms with Gasteiger partial charge in [-0.2, -0.15) is 0 Å². The van der Waals surface area contributed by atoms with E-state index in [9.17, 15) is 4.79 Å². The Kier molecular flexibility index (Phi) is 3.48. The van der Waals surface area contributed by atoms with Crippen LogP contribution in [0.25, 0.3) is 0 Å². The summed E-state index contributed by atoms with van der Waals surface area (Å²) in [5.41, 5.74) is 0. The van der Waals surface area contributed by atoms with Crippen LogP contribution in [0.15, 0.2) is 0 Å². The SMILES string of the molecule is O=C1CCCCC1CN1CCN2CCCC2C1.